The smallest absolute Gasteiger partial charge is 0.333 e. The van der Waals surface area contributed by atoms with Crippen molar-refractivity contribution in [3.05, 3.63) is 71.8 Å². The Balaban J connectivity index is 2.10. The molecule has 0 saturated heterocycles. The number of terminal acetylenes is 1. The molecule has 1 N–H and O–H groups in total. The fraction of sp³-hybridized carbons (Fsp3) is 0.200. The van der Waals surface area contributed by atoms with Gasteiger partial charge < -0.3 is 10.1 Å². The van der Waals surface area contributed by atoms with Gasteiger partial charge in [-0.15, -0.1) is 12.3 Å². The van der Waals surface area contributed by atoms with Crippen LogP contribution in [0.1, 0.15) is 34.8 Å². The number of esters is 1. The Kier molecular flexibility index (Phi) is 6.60. The quantitative estimate of drug-likeness (QED) is 0.484. The maximum atomic E-state index is 12.4. The van der Waals surface area contributed by atoms with E-state index in [2.05, 4.69) is 11.2 Å². The highest BCUT2D eigenvalue weighted by Crippen LogP contribution is 2.16. The van der Waals surface area contributed by atoms with E-state index >= 15 is 0 Å². The Bertz CT molecular complexity index is 705. The monoisotopic (exact) mass is 321 g/mol. The summed E-state index contributed by atoms with van der Waals surface area (Å²) in [4.78, 5) is 24.7. The van der Waals surface area contributed by atoms with Crippen LogP contribution in [0.3, 0.4) is 0 Å². The van der Waals surface area contributed by atoms with E-state index in [1.165, 1.54) is 0 Å². The molecule has 122 valence electrons. The van der Waals surface area contributed by atoms with E-state index in [4.69, 9.17) is 11.2 Å². The zero-order valence-electron chi connectivity index (χ0n) is 13.3. The van der Waals surface area contributed by atoms with Crippen LogP contribution in [0.2, 0.25) is 0 Å². The summed E-state index contributed by atoms with van der Waals surface area (Å²) in [5.41, 5.74) is 1.15. The van der Waals surface area contributed by atoms with Crippen LogP contribution in [-0.2, 0) is 9.53 Å². The second-order valence-electron chi connectivity index (χ2n) is 5.16. The SMILES string of the molecule is C#CCCCOC(=O)C(NC(=O)c1ccccc1)c1ccccc1. The van der Waals surface area contributed by atoms with Gasteiger partial charge in [0.1, 0.15) is 0 Å². The standard InChI is InChI=1S/C20H19NO3/c1-2-3-10-15-24-20(23)18(16-11-6-4-7-12-16)21-19(22)17-13-8-5-9-14-17/h1,4-9,11-14,18H,3,10,15H2,(H,21,22). The van der Waals surface area contributed by atoms with Gasteiger partial charge in [0.2, 0.25) is 0 Å². The van der Waals surface area contributed by atoms with Crippen molar-refractivity contribution in [3.8, 4) is 12.3 Å². The molecule has 1 unspecified atom stereocenters. The van der Waals surface area contributed by atoms with Gasteiger partial charge in [0.15, 0.2) is 6.04 Å². The Labute approximate surface area is 141 Å². The van der Waals surface area contributed by atoms with Gasteiger partial charge in [-0.1, -0.05) is 48.5 Å². The van der Waals surface area contributed by atoms with E-state index < -0.39 is 12.0 Å². The van der Waals surface area contributed by atoms with E-state index in [1.54, 1.807) is 36.4 Å². The second kappa shape index (κ2) is 9.16. The van der Waals surface area contributed by atoms with Crippen molar-refractivity contribution in [1.29, 1.82) is 0 Å². The number of nitrogens with one attached hydrogen (secondary N) is 1. The van der Waals surface area contributed by atoms with Gasteiger partial charge in [-0.3, -0.25) is 4.79 Å². The van der Waals surface area contributed by atoms with Crippen LogP contribution >= 0.6 is 0 Å². The highest BCUT2D eigenvalue weighted by atomic mass is 16.5. The summed E-state index contributed by atoms with van der Waals surface area (Å²) in [6.45, 7) is 0.230. The van der Waals surface area contributed by atoms with E-state index in [1.807, 2.05) is 24.3 Å². The Hall–Kier alpha value is -3.06. The zero-order chi connectivity index (χ0) is 17.2. The van der Waals surface area contributed by atoms with Crippen LogP contribution in [0.15, 0.2) is 60.7 Å². The van der Waals surface area contributed by atoms with Crippen LogP contribution in [0.25, 0.3) is 0 Å². The topological polar surface area (TPSA) is 55.4 Å². The van der Waals surface area contributed by atoms with Gasteiger partial charge >= 0.3 is 5.97 Å². The molecule has 0 bridgehead atoms. The molecule has 0 aliphatic rings. The molecule has 4 heteroatoms. The molecule has 2 aromatic carbocycles. The van der Waals surface area contributed by atoms with E-state index in [0.29, 0.717) is 24.0 Å². The minimum Gasteiger partial charge on any atom is -0.464 e. The minimum atomic E-state index is -0.857. The lowest BCUT2D eigenvalue weighted by Crippen LogP contribution is -2.35. The van der Waals surface area contributed by atoms with Gasteiger partial charge in [0.25, 0.3) is 5.91 Å². The highest BCUT2D eigenvalue weighted by Gasteiger charge is 2.24. The van der Waals surface area contributed by atoms with Crippen molar-refractivity contribution >= 4 is 11.9 Å². The van der Waals surface area contributed by atoms with Crippen LogP contribution in [0.4, 0.5) is 0 Å². The fourth-order valence-corrected chi connectivity index (χ4v) is 2.16. The first-order valence-corrected chi connectivity index (χ1v) is 7.73. The lowest BCUT2D eigenvalue weighted by molar-refractivity contribution is -0.146. The average Bonchev–Trinajstić information content (AvgIpc) is 2.64. The van der Waals surface area contributed by atoms with Gasteiger partial charge in [0.05, 0.1) is 6.61 Å². The molecule has 4 nitrogen and oxygen atoms in total. The minimum absolute atomic E-state index is 0.230. The van der Waals surface area contributed by atoms with Crippen molar-refractivity contribution in [2.75, 3.05) is 6.61 Å². The summed E-state index contributed by atoms with van der Waals surface area (Å²) in [5.74, 6) is 1.67. The van der Waals surface area contributed by atoms with Crippen molar-refractivity contribution in [3.63, 3.8) is 0 Å². The Morgan fingerprint density at radius 1 is 1.04 bits per heavy atom. The number of unbranched alkanes of at least 4 members (excludes halogenated alkanes) is 1. The maximum Gasteiger partial charge on any atom is 0.333 e. The van der Waals surface area contributed by atoms with Crippen LogP contribution in [-0.4, -0.2) is 18.5 Å². The maximum absolute atomic E-state index is 12.4. The summed E-state index contributed by atoms with van der Waals surface area (Å²) in [6.07, 6.45) is 6.31. The first-order chi connectivity index (χ1) is 11.7. The third kappa shape index (κ3) is 4.99. The molecule has 0 heterocycles. The fourth-order valence-electron chi connectivity index (χ4n) is 2.16. The molecule has 0 aliphatic heterocycles. The molecule has 1 atom stereocenters. The summed E-state index contributed by atoms with van der Waals surface area (Å²) >= 11 is 0. The summed E-state index contributed by atoms with van der Waals surface area (Å²) in [6, 6.07) is 16.9. The third-order valence-electron chi connectivity index (χ3n) is 3.39. The summed E-state index contributed by atoms with van der Waals surface area (Å²) < 4.78 is 5.25. The Morgan fingerprint density at radius 2 is 1.67 bits per heavy atom. The lowest BCUT2D eigenvalue weighted by atomic mass is 10.1. The third-order valence-corrected chi connectivity index (χ3v) is 3.39. The molecular formula is C20H19NO3. The second-order valence-corrected chi connectivity index (χ2v) is 5.16. The molecule has 0 fully saturated rings. The summed E-state index contributed by atoms with van der Waals surface area (Å²) in [7, 11) is 0. The molecule has 0 saturated carbocycles. The number of carbonyl (C=O) groups is 2. The van der Waals surface area contributed by atoms with E-state index in [0.717, 1.165) is 0 Å². The molecule has 2 aromatic rings. The highest BCUT2D eigenvalue weighted by molar-refractivity contribution is 5.97. The van der Waals surface area contributed by atoms with Crippen molar-refractivity contribution in [2.45, 2.75) is 18.9 Å². The van der Waals surface area contributed by atoms with Crippen molar-refractivity contribution in [2.24, 2.45) is 0 Å². The van der Waals surface area contributed by atoms with Crippen molar-refractivity contribution < 1.29 is 14.3 Å². The number of rotatable bonds is 7. The normalized spacial score (nSPS) is 11.1. The Morgan fingerprint density at radius 3 is 2.29 bits per heavy atom. The first-order valence-electron chi connectivity index (χ1n) is 7.73. The average molecular weight is 321 g/mol. The van der Waals surface area contributed by atoms with Crippen LogP contribution in [0.5, 0.6) is 0 Å². The number of hydrogen-bond acceptors (Lipinski definition) is 3. The number of amides is 1. The number of ether oxygens (including phenoxy) is 1. The molecule has 0 aromatic heterocycles. The number of benzene rings is 2. The molecule has 0 spiro atoms. The van der Waals surface area contributed by atoms with Gasteiger partial charge in [-0.2, -0.15) is 0 Å². The predicted octanol–water partition coefficient (Wildman–Crippen LogP) is 3.11. The van der Waals surface area contributed by atoms with Gasteiger partial charge in [-0.25, -0.2) is 4.79 Å². The number of carbonyl (C=O) groups excluding carboxylic acids is 2. The molecule has 24 heavy (non-hydrogen) atoms. The summed E-state index contributed by atoms with van der Waals surface area (Å²) in [5, 5.41) is 2.74. The first kappa shape index (κ1) is 17.3. The molecule has 2 rings (SSSR count). The molecule has 0 aliphatic carbocycles. The van der Waals surface area contributed by atoms with Crippen LogP contribution < -0.4 is 5.32 Å². The molecule has 0 radical (unpaired) electrons. The largest absolute Gasteiger partial charge is 0.464 e. The lowest BCUT2D eigenvalue weighted by Gasteiger charge is -2.18. The number of hydrogen-bond donors (Lipinski definition) is 1. The van der Waals surface area contributed by atoms with Crippen molar-refractivity contribution in [1.82, 2.24) is 5.32 Å². The van der Waals surface area contributed by atoms with Gasteiger partial charge in [0, 0.05) is 12.0 Å². The van der Waals surface area contributed by atoms with E-state index in [9.17, 15) is 9.59 Å². The molecule has 1 amide bonds. The molecular weight excluding hydrogens is 302 g/mol. The van der Waals surface area contributed by atoms with E-state index in [-0.39, 0.29) is 12.5 Å². The van der Waals surface area contributed by atoms with Crippen LogP contribution in [0, 0.1) is 12.3 Å². The zero-order valence-corrected chi connectivity index (χ0v) is 13.3. The van der Waals surface area contributed by atoms with Gasteiger partial charge in [-0.05, 0) is 24.1 Å². The predicted molar refractivity (Wildman–Crippen MR) is 92.1 cm³/mol.